The highest BCUT2D eigenvalue weighted by molar-refractivity contribution is 7.09. The lowest BCUT2D eigenvalue weighted by Crippen LogP contribution is -2.62. The van der Waals surface area contributed by atoms with Gasteiger partial charge in [0.25, 0.3) is 0 Å². The fourth-order valence-electron chi connectivity index (χ4n) is 5.44. The van der Waals surface area contributed by atoms with E-state index in [4.69, 9.17) is 0 Å². The number of aliphatic hydroxyl groups is 2. The van der Waals surface area contributed by atoms with Crippen LogP contribution in [-0.2, 0) is 17.4 Å². The standard InChI is InChI=1S/C21H27NO3S/c1-4-20-12-19(3,24)21(25,18-22-13(2)11-26-18)10-15(20)6-5-14-9-16(23)7-8-17(14)20/h7-9,11,15,23-25H,4-6,10,12H2,1-3H3/t15-,19-,20-,21-/m1/s1. The van der Waals surface area contributed by atoms with Crippen molar-refractivity contribution in [2.75, 3.05) is 0 Å². The Kier molecular flexibility index (Phi) is 3.99. The van der Waals surface area contributed by atoms with E-state index in [1.165, 1.54) is 22.5 Å². The summed E-state index contributed by atoms with van der Waals surface area (Å²) in [4.78, 5) is 4.52. The van der Waals surface area contributed by atoms with Gasteiger partial charge in [-0.1, -0.05) is 13.0 Å². The molecule has 0 radical (unpaired) electrons. The molecule has 0 amide bonds. The fourth-order valence-corrected chi connectivity index (χ4v) is 6.47. The summed E-state index contributed by atoms with van der Waals surface area (Å²) < 4.78 is 0. The van der Waals surface area contributed by atoms with Gasteiger partial charge in [-0.05, 0) is 75.1 Å². The fraction of sp³-hybridized carbons (Fsp3) is 0.571. The number of thiazole rings is 1. The van der Waals surface area contributed by atoms with E-state index in [1.54, 1.807) is 13.0 Å². The van der Waals surface area contributed by atoms with E-state index in [1.807, 2.05) is 24.4 Å². The van der Waals surface area contributed by atoms with Crippen LogP contribution in [0.3, 0.4) is 0 Å². The molecule has 3 N–H and O–H groups in total. The van der Waals surface area contributed by atoms with Crippen molar-refractivity contribution in [3.63, 3.8) is 0 Å². The molecule has 0 saturated heterocycles. The average molecular weight is 374 g/mol. The molecule has 1 aromatic heterocycles. The van der Waals surface area contributed by atoms with Crippen LogP contribution in [0.5, 0.6) is 5.75 Å². The summed E-state index contributed by atoms with van der Waals surface area (Å²) in [6.07, 6.45) is 3.76. The minimum atomic E-state index is -1.32. The lowest BCUT2D eigenvalue weighted by molar-refractivity contribution is -0.205. The summed E-state index contributed by atoms with van der Waals surface area (Å²) in [7, 11) is 0. The molecule has 5 heteroatoms. The van der Waals surface area contributed by atoms with Crippen LogP contribution in [0.1, 0.15) is 61.4 Å². The van der Waals surface area contributed by atoms with Crippen molar-refractivity contribution in [2.24, 2.45) is 5.92 Å². The smallest absolute Gasteiger partial charge is 0.144 e. The molecule has 2 aliphatic carbocycles. The largest absolute Gasteiger partial charge is 0.508 e. The van der Waals surface area contributed by atoms with Crippen LogP contribution >= 0.6 is 11.3 Å². The molecule has 0 unspecified atom stereocenters. The summed E-state index contributed by atoms with van der Waals surface area (Å²) in [6.45, 7) is 5.84. The van der Waals surface area contributed by atoms with E-state index in [0.29, 0.717) is 23.6 Å². The van der Waals surface area contributed by atoms with Gasteiger partial charge in [0.05, 0.1) is 5.60 Å². The number of aryl methyl sites for hydroxylation is 2. The number of nitrogens with zero attached hydrogens (tertiary/aromatic N) is 1. The van der Waals surface area contributed by atoms with Gasteiger partial charge >= 0.3 is 0 Å². The number of hydrogen-bond acceptors (Lipinski definition) is 5. The molecule has 2 aliphatic rings. The molecule has 1 aromatic carbocycles. The Morgan fingerprint density at radius 2 is 2.08 bits per heavy atom. The van der Waals surface area contributed by atoms with Crippen LogP contribution in [-0.4, -0.2) is 25.9 Å². The first-order valence-corrected chi connectivity index (χ1v) is 10.3. The van der Waals surface area contributed by atoms with Gasteiger partial charge in [-0.15, -0.1) is 11.3 Å². The van der Waals surface area contributed by atoms with Gasteiger partial charge in [0, 0.05) is 16.5 Å². The molecule has 0 bridgehead atoms. The molecule has 1 heterocycles. The molecule has 0 spiro atoms. The quantitative estimate of drug-likeness (QED) is 0.749. The number of phenols is 1. The van der Waals surface area contributed by atoms with Gasteiger partial charge in [-0.3, -0.25) is 0 Å². The van der Waals surface area contributed by atoms with E-state index in [9.17, 15) is 15.3 Å². The predicted molar refractivity (Wildman–Crippen MR) is 102 cm³/mol. The van der Waals surface area contributed by atoms with Crippen LogP contribution < -0.4 is 0 Å². The van der Waals surface area contributed by atoms with E-state index in [0.717, 1.165) is 25.0 Å². The van der Waals surface area contributed by atoms with Crippen molar-refractivity contribution in [3.05, 3.63) is 45.4 Å². The predicted octanol–water partition coefficient (Wildman–Crippen LogP) is 3.80. The van der Waals surface area contributed by atoms with Gasteiger partial charge < -0.3 is 15.3 Å². The highest BCUT2D eigenvalue weighted by Gasteiger charge is 2.61. The summed E-state index contributed by atoms with van der Waals surface area (Å²) in [6, 6.07) is 5.63. The second-order valence-corrected chi connectivity index (χ2v) is 9.25. The summed E-state index contributed by atoms with van der Waals surface area (Å²) in [5, 5.41) is 35.5. The molecular formula is C21H27NO3S. The van der Waals surface area contributed by atoms with Gasteiger partial charge in [0.15, 0.2) is 0 Å². The molecule has 0 aliphatic heterocycles. The second kappa shape index (κ2) is 5.78. The Labute approximate surface area is 158 Å². The Balaban J connectivity index is 1.83. The van der Waals surface area contributed by atoms with Gasteiger partial charge in [-0.25, -0.2) is 4.98 Å². The first-order valence-electron chi connectivity index (χ1n) is 9.41. The first-order chi connectivity index (χ1) is 12.2. The van der Waals surface area contributed by atoms with Crippen LogP contribution in [0.2, 0.25) is 0 Å². The van der Waals surface area contributed by atoms with Gasteiger partial charge in [-0.2, -0.15) is 0 Å². The van der Waals surface area contributed by atoms with Crippen LogP contribution in [0.15, 0.2) is 23.6 Å². The third-order valence-electron chi connectivity index (χ3n) is 6.87. The lowest BCUT2D eigenvalue weighted by Gasteiger charge is -2.58. The maximum Gasteiger partial charge on any atom is 0.144 e. The van der Waals surface area contributed by atoms with Crippen LogP contribution in [0.25, 0.3) is 0 Å². The highest BCUT2D eigenvalue weighted by Crippen LogP contribution is 2.60. The summed E-state index contributed by atoms with van der Waals surface area (Å²) >= 11 is 1.44. The Morgan fingerprint density at radius 3 is 2.73 bits per heavy atom. The number of fused-ring (bicyclic) bond motifs is 3. The number of rotatable bonds is 2. The number of aromatic hydroxyl groups is 1. The van der Waals surface area contributed by atoms with E-state index < -0.39 is 11.2 Å². The van der Waals surface area contributed by atoms with Crippen molar-refractivity contribution < 1.29 is 15.3 Å². The van der Waals surface area contributed by atoms with E-state index in [-0.39, 0.29) is 11.3 Å². The van der Waals surface area contributed by atoms with Crippen molar-refractivity contribution in [2.45, 2.75) is 69.5 Å². The Hall–Kier alpha value is -1.43. The zero-order valence-electron chi connectivity index (χ0n) is 15.6. The van der Waals surface area contributed by atoms with Crippen molar-refractivity contribution in [1.82, 2.24) is 4.98 Å². The molecule has 26 heavy (non-hydrogen) atoms. The number of benzene rings is 1. The normalized spacial score (nSPS) is 36.4. The number of hydrogen-bond donors (Lipinski definition) is 3. The van der Waals surface area contributed by atoms with Crippen molar-refractivity contribution in [1.29, 1.82) is 0 Å². The third-order valence-corrected chi connectivity index (χ3v) is 7.98. The zero-order valence-corrected chi connectivity index (χ0v) is 16.4. The van der Waals surface area contributed by atoms with Gasteiger partial charge in [0.1, 0.15) is 16.4 Å². The lowest BCUT2D eigenvalue weighted by atomic mass is 9.49. The maximum atomic E-state index is 11.6. The SMILES string of the molecule is CC[C@@]12C[C@@](C)(O)[C@](O)(c3nc(C)cs3)C[C@H]1CCc1cc(O)ccc12. The first kappa shape index (κ1) is 18.0. The topological polar surface area (TPSA) is 73.6 Å². The van der Waals surface area contributed by atoms with Crippen molar-refractivity contribution >= 4 is 11.3 Å². The Morgan fingerprint density at radius 1 is 1.31 bits per heavy atom. The summed E-state index contributed by atoms with van der Waals surface area (Å²) in [5.74, 6) is 0.574. The maximum absolute atomic E-state index is 11.6. The molecule has 2 aromatic rings. The molecule has 4 atom stereocenters. The molecule has 1 fully saturated rings. The van der Waals surface area contributed by atoms with E-state index in [2.05, 4.69) is 11.9 Å². The monoisotopic (exact) mass is 373 g/mol. The third kappa shape index (κ3) is 2.37. The van der Waals surface area contributed by atoms with Crippen LogP contribution in [0, 0.1) is 12.8 Å². The highest BCUT2D eigenvalue weighted by atomic mass is 32.1. The Bertz CT molecular complexity index is 846. The number of phenolic OH excluding ortho intramolecular Hbond substituents is 1. The zero-order chi connectivity index (χ0) is 18.7. The molecule has 1 saturated carbocycles. The van der Waals surface area contributed by atoms with Crippen molar-refractivity contribution in [3.8, 4) is 5.75 Å². The molecule has 4 nitrogen and oxygen atoms in total. The minimum absolute atomic E-state index is 0.177. The number of aromatic nitrogens is 1. The minimum Gasteiger partial charge on any atom is -0.508 e. The van der Waals surface area contributed by atoms with E-state index >= 15 is 0 Å². The summed E-state index contributed by atoms with van der Waals surface area (Å²) in [5.41, 5.74) is 0.524. The molecule has 4 rings (SSSR count). The molecular weight excluding hydrogens is 346 g/mol. The van der Waals surface area contributed by atoms with Crippen LogP contribution in [0.4, 0.5) is 0 Å². The van der Waals surface area contributed by atoms with Gasteiger partial charge in [0.2, 0.25) is 0 Å². The molecule has 140 valence electrons. The average Bonchev–Trinajstić information content (AvgIpc) is 3.02. The second-order valence-electron chi connectivity index (χ2n) is 8.40.